The molecular weight excluding hydrogens is 371 g/mol. The van der Waals surface area contributed by atoms with E-state index in [4.69, 9.17) is 0 Å². The van der Waals surface area contributed by atoms with Crippen LogP contribution in [0.1, 0.15) is 29.2 Å². The zero-order chi connectivity index (χ0) is 19.7. The lowest BCUT2D eigenvalue weighted by Gasteiger charge is -2.32. The molecule has 28 heavy (non-hydrogen) atoms. The summed E-state index contributed by atoms with van der Waals surface area (Å²) in [6.45, 7) is 0.751. The normalized spacial score (nSPS) is 17.0. The van der Waals surface area contributed by atoms with Gasteiger partial charge in [-0.2, -0.15) is 4.80 Å². The average Bonchev–Trinajstić information content (AvgIpc) is 3.18. The standard InChI is InChI=1S/C19H16F3N5O/c20-13-5-3-12(4-6-13)18-23-25-27(24-18)15-2-1-9-26(11-15)19(28)16-8-7-14(21)10-17(16)22/h3-8,10,15H,1-2,9,11H2/t15-/m0/s1. The molecule has 6 nitrogen and oxygen atoms in total. The number of piperidine rings is 1. The van der Waals surface area contributed by atoms with Crippen LogP contribution in [0.3, 0.4) is 0 Å². The molecule has 1 atom stereocenters. The quantitative estimate of drug-likeness (QED) is 0.692. The predicted molar refractivity (Wildman–Crippen MR) is 93.7 cm³/mol. The summed E-state index contributed by atoms with van der Waals surface area (Å²) in [5.74, 6) is -2.12. The number of halogens is 3. The number of carbonyl (C=O) groups is 1. The molecule has 1 aromatic heterocycles. The molecule has 1 amide bonds. The lowest BCUT2D eigenvalue weighted by Crippen LogP contribution is -2.41. The van der Waals surface area contributed by atoms with Gasteiger partial charge in [-0.15, -0.1) is 10.2 Å². The topological polar surface area (TPSA) is 63.9 Å². The van der Waals surface area contributed by atoms with Gasteiger partial charge in [0.15, 0.2) is 0 Å². The Morgan fingerprint density at radius 1 is 1.04 bits per heavy atom. The summed E-state index contributed by atoms with van der Waals surface area (Å²) in [6, 6.07) is 8.44. The SMILES string of the molecule is O=C(c1ccc(F)cc1F)N1CCC[C@H](n2nnc(-c3ccc(F)cc3)n2)C1. The molecule has 0 radical (unpaired) electrons. The zero-order valence-corrected chi connectivity index (χ0v) is 14.7. The summed E-state index contributed by atoms with van der Waals surface area (Å²) in [4.78, 5) is 15.6. The fourth-order valence-electron chi connectivity index (χ4n) is 3.26. The first-order valence-electron chi connectivity index (χ1n) is 8.81. The molecule has 9 heteroatoms. The highest BCUT2D eigenvalue weighted by atomic mass is 19.1. The second kappa shape index (κ2) is 7.41. The van der Waals surface area contributed by atoms with Crippen molar-refractivity contribution in [2.75, 3.05) is 13.1 Å². The highest BCUT2D eigenvalue weighted by molar-refractivity contribution is 5.94. The van der Waals surface area contributed by atoms with E-state index in [9.17, 15) is 18.0 Å². The largest absolute Gasteiger partial charge is 0.336 e. The van der Waals surface area contributed by atoms with E-state index in [1.54, 1.807) is 12.1 Å². The molecule has 0 spiro atoms. The Morgan fingerprint density at radius 2 is 1.79 bits per heavy atom. The van der Waals surface area contributed by atoms with Crippen molar-refractivity contribution in [3.8, 4) is 11.4 Å². The summed E-state index contributed by atoms with van der Waals surface area (Å²) in [6.07, 6.45) is 1.42. The van der Waals surface area contributed by atoms with Crippen LogP contribution in [0.5, 0.6) is 0 Å². The third kappa shape index (κ3) is 3.60. The minimum atomic E-state index is -0.885. The molecule has 0 bridgehead atoms. The Morgan fingerprint density at radius 3 is 2.54 bits per heavy atom. The van der Waals surface area contributed by atoms with Crippen molar-refractivity contribution < 1.29 is 18.0 Å². The number of hydrogen-bond acceptors (Lipinski definition) is 4. The van der Waals surface area contributed by atoms with E-state index in [0.717, 1.165) is 18.6 Å². The number of amides is 1. The highest BCUT2D eigenvalue weighted by Gasteiger charge is 2.28. The van der Waals surface area contributed by atoms with Crippen molar-refractivity contribution >= 4 is 5.91 Å². The molecule has 3 aromatic rings. The van der Waals surface area contributed by atoms with E-state index in [-0.39, 0.29) is 24.0 Å². The Kier molecular flexibility index (Phi) is 4.81. The maximum atomic E-state index is 13.9. The van der Waals surface area contributed by atoms with Crippen LogP contribution in [-0.2, 0) is 0 Å². The molecule has 1 aliphatic rings. The van der Waals surface area contributed by atoms with Crippen molar-refractivity contribution in [3.63, 3.8) is 0 Å². The van der Waals surface area contributed by atoms with Gasteiger partial charge in [0.05, 0.1) is 11.6 Å². The van der Waals surface area contributed by atoms with E-state index in [2.05, 4.69) is 15.4 Å². The molecular formula is C19H16F3N5O. The van der Waals surface area contributed by atoms with Crippen molar-refractivity contribution in [1.82, 2.24) is 25.1 Å². The Bertz CT molecular complexity index is 1010. The Hall–Kier alpha value is -3.23. The van der Waals surface area contributed by atoms with Crippen LogP contribution in [0.15, 0.2) is 42.5 Å². The summed E-state index contributed by atoms with van der Waals surface area (Å²) in [5, 5.41) is 12.4. The van der Waals surface area contributed by atoms with Gasteiger partial charge < -0.3 is 4.90 Å². The van der Waals surface area contributed by atoms with E-state index in [1.165, 1.54) is 21.8 Å². The van der Waals surface area contributed by atoms with Crippen LogP contribution >= 0.6 is 0 Å². The minimum absolute atomic E-state index is 0.166. The van der Waals surface area contributed by atoms with Crippen LogP contribution in [-0.4, -0.2) is 44.1 Å². The summed E-state index contributed by atoms with van der Waals surface area (Å²) >= 11 is 0. The molecule has 144 valence electrons. The molecule has 2 aromatic carbocycles. The van der Waals surface area contributed by atoms with Gasteiger partial charge in [0.25, 0.3) is 5.91 Å². The van der Waals surface area contributed by atoms with Gasteiger partial charge in [-0.3, -0.25) is 4.79 Å². The fraction of sp³-hybridized carbons (Fsp3) is 0.263. The molecule has 0 aliphatic carbocycles. The van der Waals surface area contributed by atoms with E-state index in [1.807, 2.05) is 0 Å². The minimum Gasteiger partial charge on any atom is -0.336 e. The number of carbonyl (C=O) groups excluding carboxylic acids is 1. The summed E-state index contributed by atoms with van der Waals surface area (Å²) in [5.41, 5.74) is 0.463. The third-order valence-electron chi connectivity index (χ3n) is 4.70. The van der Waals surface area contributed by atoms with Crippen LogP contribution in [0.25, 0.3) is 11.4 Å². The second-order valence-electron chi connectivity index (χ2n) is 6.61. The lowest BCUT2D eigenvalue weighted by atomic mass is 10.0. The molecule has 0 unspecified atom stereocenters. The maximum Gasteiger partial charge on any atom is 0.256 e. The van der Waals surface area contributed by atoms with Gasteiger partial charge in [-0.1, -0.05) is 0 Å². The number of aromatic nitrogens is 4. The van der Waals surface area contributed by atoms with Gasteiger partial charge in [-0.05, 0) is 54.5 Å². The van der Waals surface area contributed by atoms with Crippen molar-refractivity contribution in [2.45, 2.75) is 18.9 Å². The molecule has 1 aliphatic heterocycles. The predicted octanol–water partition coefficient (Wildman–Crippen LogP) is 3.23. The first-order chi connectivity index (χ1) is 13.5. The smallest absolute Gasteiger partial charge is 0.256 e. The van der Waals surface area contributed by atoms with Crippen LogP contribution in [0.2, 0.25) is 0 Å². The first-order valence-corrected chi connectivity index (χ1v) is 8.81. The molecule has 0 saturated carbocycles. The van der Waals surface area contributed by atoms with Gasteiger partial charge in [0, 0.05) is 24.7 Å². The third-order valence-corrected chi connectivity index (χ3v) is 4.70. The Labute approximate surface area is 158 Å². The Balaban J connectivity index is 1.51. The van der Waals surface area contributed by atoms with E-state index in [0.29, 0.717) is 30.4 Å². The monoisotopic (exact) mass is 387 g/mol. The molecule has 1 saturated heterocycles. The van der Waals surface area contributed by atoms with Crippen molar-refractivity contribution in [3.05, 3.63) is 65.5 Å². The van der Waals surface area contributed by atoms with E-state index < -0.39 is 17.5 Å². The molecule has 0 N–H and O–H groups in total. The van der Waals surface area contributed by atoms with Gasteiger partial charge >= 0.3 is 0 Å². The molecule has 2 heterocycles. The second-order valence-corrected chi connectivity index (χ2v) is 6.61. The number of nitrogens with zero attached hydrogens (tertiary/aromatic N) is 5. The number of likely N-dealkylation sites (tertiary alicyclic amines) is 1. The fourth-order valence-corrected chi connectivity index (χ4v) is 3.26. The maximum absolute atomic E-state index is 13.9. The van der Waals surface area contributed by atoms with Crippen LogP contribution in [0, 0.1) is 17.5 Å². The van der Waals surface area contributed by atoms with E-state index >= 15 is 0 Å². The number of rotatable bonds is 3. The number of benzene rings is 2. The molecule has 1 fully saturated rings. The van der Waals surface area contributed by atoms with Gasteiger partial charge in [-0.25, -0.2) is 13.2 Å². The van der Waals surface area contributed by atoms with Crippen LogP contribution in [0.4, 0.5) is 13.2 Å². The van der Waals surface area contributed by atoms with Crippen LogP contribution < -0.4 is 0 Å². The zero-order valence-electron chi connectivity index (χ0n) is 14.7. The van der Waals surface area contributed by atoms with Crippen molar-refractivity contribution in [1.29, 1.82) is 0 Å². The summed E-state index contributed by atoms with van der Waals surface area (Å²) < 4.78 is 40.1. The lowest BCUT2D eigenvalue weighted by molar-refractivity contribution is 0.0658. The van der Waals surface area contributed by atoms with Crippen molar-refractivity contribution in [2.24, 2.45) is 0 Å². The molecule has 4 rings (SSSR count). The van der Waals surface area contributed by atoms with Gasteiger partial charge in [0.1, 0.15) is 17.5 Å². The average molecular weight is 387 g/mol. The highest BCUT2D eigenvalue weighted by Crippen LogP contribution is 2.23. The number of tetrazole rings is 1. The number of hydrogen-bond donors (Lipinski definition) is 0. The van der Waals surface area contributed by atoms with Gasteiger partial charge in [0.2, 0.25) is 5.82 Å². The first kappa shape index (κ1) is 18.1. The summed E-state index contributed by atoms with van der Waals surface area (Å²) in [7, 11) is 0.